The van der Waals surface area contributed by atoms with Crippen LogP contribution in [0.25, 0.3) is 0 Å². The molecule has 1 aromatic rings. The van der Waals surface area contributed by atoms with Crippen LogP contribution in [0.2, 0.25) is 0 Å². The molecule has 2 unspecified atom stereocenters. The van der Waals surface area contributed by atoms with Gasteiger partial charge in [-0.2, -0.15) is 0 Å². The molecule has 4 rings (SSSR count). The molecule has 1 saturated heterocycles. The monoisotopic (exact) mass is 418 g/mol. The van der Waals surface area contributed by atoms with Gasteiger partial charge in [-0.3, -0.25) is 14.6 Å². The third-order valence-electron chi connectivity index (χ3n) is 5.26. The predicted octanol–water partition coefficient (Wildman–Crippen LogP) is 0.686. The minimum atomic E-state index is -3.79. The molecule has 1 aromatic carbocycles. The van der Waals surface area contributed by atoms with Gasteiger partial charge in [-0.05, 0) is 37.6 Å². The maximum atomic E-state index is 13.0. The lowest BCUT2D eigenvalue weighted by Crippen LogP contribution is -2.64. The molecule has 154 valence electrons. The quantitative estimate of drug-likeness (QED) is 0.768. The highest BCUT2D eigenvalue weighted by Gasteiger charge is 2.54. The highest BCUT2D eigenvalue weighted by Crippen LogP contribution is 2.36. The number of carbonyl (C=O) groups excluding carboxylic acids is 2. The number of rotatable bonds is 4. The van der Waals surface area contributed by atoms with Crippen molar-refractivity contribution in [2.24, 2.45) is 10.1 Å². The van der Waals surface area contributed by atoms with Gasteiger partial charge in [-0.1, -0.05) is 6.92 Å². The van der Waals surface area contributed by atoms with Gasteiger partial charge in [0.25, 0.3) is 5.91 Å². The molecule has 3 amide bonds. The van der Waals surface area contributed by atoms with Crippen LogP contribution >= 0.6 is 0 Å². The number of primary sulfonamides is 1. The highest BCUT2D eigenvalue weighted by atomic mass is 32.2. The van der Waals surface area contributed by atoms with Crippen molar-refractivity contribution in [2.45, 2.75) is 37.4 Å². The Morgan fingerprint density at radius 1 is 1.17 bits per heavy atom. The van der Waals surface area contributed by atoms with Gasteiger partial charge in [0.1, 0.15) is 0 Å². The van der Waals surface area contributed by atoms with Crippen molar-refractivity contribution in [3.63, 3.8) is 0 Å². The second-order valence-electron chi connectivity index (χ2n) is 7.22. The van der Waals surface area contributed by atoms with Crippen molar-refractivity contribution < 1.29 is 18.0 Å². The zero-order valence-corrected chi connectivity index (χ0v) is 17.1. The number of likely N-dealkylation sites (N-methyl/N-ethyl adjacent to an activating group) is 1. The molecular weight excluding hydrogens is 396 g/mol. The van der Waals surface area contributed by atoms with E-state index in [1.807, 2.05) is 24.9 Å². The molecule has 0 bridgehead atoms. The van der Waals surface area contributed by atoms with E-state index in [-0.39, 0.29) is 16.8 Å². The molecule has 0 saturated carbocycles. The fourth-order valence-corrected chi connectivity index (χ4v) is 4.40. The number of sulfonamides is 1. The number of guanidine groups is 1. The lowest BCUT2D eigenvalue weighted by molar-refractivity contribution is -0.136. The van der Waals surface area contributed by atoms with E-state index in [1.165, 1.54) is 21.9 Å². The van der Waals surface area contributed by atoms with Crippen LogP contribution in [-0.4, -0.2) is 66.8 Å². The normalized spacial score (nSPS) is 24.0. The Hall–Kier alpha value is -2.92. The van der Waals surface area contributed by atoms with E-state index in [0.29, 0.717) is 24.6 Å². The van der Waals surface area contributed by atoms with Crippen LogP contribution in [0.3, 0.4) is 0 Å². The van der Waals surface area contributed by atoms with Crippen molar-refractivity contribution in [2.75, 3.05) is 18.5 Å². The number of carbonyl (C=O) groups is 2. The molecular formula is C18H22N6O4S. The molecule has 3 heterocycles. The fraction of sp³-hybridized carbons (Fsp3) is 0.389. The number of anilines is 1. The highest BCUT2D eigenvalue weighted by molar-refractivity contribution is 7.89. The molecule has 3 aliphatic rings. The molecule has 1 fully saturated rings. The van der Waals surface area contributed by atoms with Gasteiger partial charge in [-0.25, -0.2) is 23.3 Å². The summed E-state index contributed by atoms with van der Waals surface area (Å²) in [5.41, 5.74) is 1.50. The van der Waals surface area contributed by atoms with Gasteiger partial charge in [-0.15, -0.1) is 0 Å². The third kappa shape index (κ3) is 2.88. The second-order valence-corrected chi connectivity index (χ2v) is 8.78. The Morgan fingerprint density at radius 3 is 2.41 bits per heavy atom. The molecule has 0 aromatic heterocycles. The summed E-state index contributed by atoms with van der Waals surface area (Å²) in [4.78, 5) is 36.6. The lowest BCUT2D eigenvalue weighted by Gasteiger charge is -2.40. The Kier molecular flexibility index (Phi) is 4.39. The number of nitrogens with two attached hydrogens (primary N) is 1. The second kappa shape index (κ2) is 6.56. The van der Waals surface area contributed by atoms with Crippen molar-refractivity contribution in [1.82, 2.24) is 14.7 Å². The average Bonchev–Trinajstić information content (AvgIpc) is 3.17. The van der Waals surface area contributed by atoms with E-state index in [0.717, 1.165) is 5.70 Å². The predicted molar refractivity (Wildman–Crippen MR) is 106 cm³/mol. The van der Waals surface area contributed by atoms with Gasteiger partial charge in [0.05, 0.1) is 4.90 Å². The number of urea groups is 1. The fourth-order valence-electron chi connectivity index (χ4n) is 3.89. The van der Waals surface area contributed by atoms with E-state index >= 15 is 0 Å². The summed E-state index contributed by atoms with van der Waals surface area (Å²) in [7, 11) is -2.15. The first-order chi connectivity index (χ1) is 13.6. The first-order valence-electron chi connectivity index (χ1n) is 9.21. The van der Waals surface area contributed by atoms with Gasteiger partial charge >= 0.3 is 6.03 Å². The molecule has 29 heavy (non-hydrogen) atoms. The molecule has 0 aliphatic carbocycles. The van der Waals surface area contributed by atoms with Gasteiger partial charge < -0.3 is 9.80 Å². The number of hydrogen-bond acceptors (Lipinski definition) is 7. The smallest absolute Gasteiger partial charge is 0.302 e. The maximum absolute atomic E-state index is 13.0. The van der Waals surface area contributed by atoms with Crippen molar-refractivity contribution in [3.8, 4) is 0 Å². The zero-order valence-electron chi connectivity index (χ0n) is 16.3. The first-order valence-corrected chi connectivity index (χ1v) is 10.8. The summed E-state index contributed by atoms with van der Waals surface area (Å²) in [5, 5.41) is 5.17. The van der Waals surface area contributed by atoms with E-state index in [2.05, 4.69) is 4.99 Å². The SMILES string of the molecule is CCCN1C(=O)C2C(N=C3N(c4ccc(S(N)(=O)=O)cc4)C(C)=CN32)N(C)C1=O. The first kappa shape index (κ1) is 19.4. The summed E-state index contributed by atoms with van der Waals surface area (Å²) in [6, 6.07) is 5.13. The van der Waals surface area contributed by atoms with Crippen molar-refractivity contribution in [3.05, 3.63) is 36.2 Å². The van der Waals surface area contributed by atoms with Crippen LogP contribution in [0.5, 0.6) is 0 Å². The molecule has 0 radical (unpaired) electrons. The van der Waals surface area contributed by atoms with Crippen molar-refractivity contribution >= 4 is 33.6 Å². The number of imide groups is 1. The van der Waals surface area contributed by atoms with Crippen LogP contribution in [0, 0.1) is 0 Å². The Bertz CT molecular complexity index is 1050. The molecule has 11 heteroatoms. The number of amides is 3. The van der Waals surface area contributed by atoms with Gasteiger partial charge in [0, 0.05) is 31.2 Å². The summed E-state index contributed by atoms with van der Waals surface area (Å²) >= 11 is 0. The maximum Gasteiger partial charge on any atom is 0.328 e. The minimum absolute atomic E-state index is 0.0108. The van der Waals surface area contributed by atoms with Crippen LogP contribution in [-0.2, 0) is 14.8 Å². The number of allylic oxidation sites excluding steroid dienone is 1. The van der Waals surface area contributed by atoms with E-state index in [4.69, 9.17) is 5.14 Å². The number of aliphatic imine (C=N–C) groups is 1. The minimum Gasteiger partial charge on any atom is -0.302 e. The molecule has 3 aliphatic heterocycles. The van der Waals surface area contributed by atoms with E-state index in [9.17, 15) is 18.0 Å². The standard InChI is InChI=1S/C18H22N6O4S/c1-4-9-22-16(25)14-15(21(3)18(22)26)20-17-23(14)10-11(2)24(17)12-5-7-13(8-6-12)29(19,27)28/h5-8,10,14-15H,4,9H2,1-3H3,(H2,19,27,28). The Balaban J connectivity index is 1.70. The van der Waals surface area contributed by atoms with Crippen molar-refractivity contribution in [1.29, 1.82) is 0 Å². The molecule has 10 nitrogen and oxygen atoms in total. The third-order valence-corrected chi connectivity index (χ3v) is 6.19. The van der Waals surface area contributed by atoms with Crippen LogP contribution in [0.4, 0.5) is 10.5 Å². The van der Waals surface area contributed by atoms with Crippen LogP contribution in [0.15, 0.2) is 46.1 Å². The van der Waals surface area contributed by atoms with Crippen LogP contribution in [0.1, 0.15) is 20.3 Å². The largest absolute Gasteiger partial charge is 0.328 e. The number of benzene rings is 1. The molecule has 0 spiro atoms. The average molecular weight is 418 g/mol. The molecule has 2 atom stereocenters. The topological polar surface area (TPSA) is 120 Å². The summed E-state index contributed by atoms with van der Waals surface area (Å²) in [6.07, 6.45) is 1.88. The summed E-state index contributed by atoms with van der Waals surface area (Å²) in [6.45, 7) is 4.14. The Morgan fingerprint density at radius 2 is 1.83 bits per heavy atom. The number of hydrogen-bond donors (Lipinski definition) is 1. The van der Waals surface area contributed by atoms with Crippen LogP contribution < -0.4 is 10.0 Å². The summed E-state index contributed by atoms with van der Waals surface area (Å²) < 4.78 is 23.0. The Labute approximate surface area is 168 Å². The van der Waals surface area contributed by atoms with Gasteiger partial charge in [0.2, 0.25) is 16.0 Å². The summed E-state index contributed by atoms with van der Waals surface area (Å²) in [5.74, 6) is 0.251. The molecule has 2 N–H and O–H groups in total. The number of nitrogens with zero attached hydrogens (tertiary/aromatic N) is 5. The van der Waals surface area contributed by atoms with E-state index < -0.39 is 22.2 Å². The van der Waals surface area contributed by atoms with E-state index in [1.54, 1.807) is 24.1 Å². The number of fused-ring (bicyclic) bond motifs is 3. The van der Waals surface area contributed by atoms with Gasteiger partial charge in [0.15, 0.2) is 12.2 Å². The zero-order chi connectivity index (χ0) is 21.1. The lowest BCUT2D eigenvalue weighted by atomic mass is 10.1.